The van der Waals surface area contributed by atoms with E-state index in [1.807, 2.05) is 37.3 Å². The lowest BCUT2D eigenvalue weighted by Gasteiger charge is -1.98. The van der Waals surface area contributed by atoms with Crippen LogP contribution in [0.25, 0.3) is 0 Å². The second-order valence-corrected chi connectivity index (χ2v) is 3.42. The molecule has 0 heterocycles. The summed E-state index contributed by atoms with van der Waals surface area (Å²) in [5.74, 6) is 0.166. The minimum absolute atomic E-state index is 0.166. The van der Waals surface area contributed by atoms with Crippen molar-refractivity contribution in [3.63, 3.8) is 0 Å². The van der Waals surface area contributed by atoms with Gasteiger partial charge in [0.15, 0.2) is 0 Å². The van der Waals surface area contributed by atoms with Crippen molar-refractivity contribution in [2.24, 2.45) is 4.99 Å². The average molecular weight is 189 g/mol. The number of nitrogens with zero attached hydrogens (tertiary/aromatic N) is 1. The fourth-order valence-electron chi connectivity index (χ4n) is 1.23. The van der Waals surface area contributed by atoms with E-state index in [1.54, 1.807) is 6.92 Å². The lowest BCUT2D eigenvalue weighted by molar-refractivity contribution is -0.115. The Morgan fingerprint density at radius 3 is 2.43 bits per heavy atom. The second kappa shape index (κ2) is 5.32. The maximum atomic E-state index is 10.8. The van der Waals surface area contributed by atoms with Crippen molar-refractivity contribution in [2.45, 2.75) is 26.8 Å². The van der Waals surface area contributed by atoms with Crippen molar-refractivity contribution in [1.29, 1.82) is 0 Å². The zero-order valence-electron chi connectivity index (χ0n) is 8.66. The van der Waals surface area contributed by atoms with Crippen LogP contribution in [0.1, 0.15) is 25.8 Å². The number of Topliss-reactive ketones (excluding diaryl/α,β-unsaturated/α-hetero) is 1. The van der Waals surface area contributed by atoms with Gasteiger partial charge in [-0.05, 0) is 19.4 Å². The van der Waals surface area contributed by atoms with Gasteiger partial charge in [0.2, 0.25) is 0 Å². The van der Waals surface area contributed by atoms with Crippen LogP contribution < -0.4 is 0 Å². The number of hydrogen-bond acceptors (Lipinski definition) is 2. The number of carbonyl (C=O) groups excluding carboxylic acids is 1. The molecule has 74 valence electrons. The summed E-state index contributed by atoms with van der Waals surface area (Å²) < 4.78 is 0. The molecule has 1 aromatic rings. The summed E-state index contributed by atoms with van der Waals surface area (Å²) in [5, 5.41) is 0. The van der Waals surface area contributed by atoms with Crippen LogP contribution in [0.2, 0.25) is 0 Å². The molecule has 14 heavy (non-hydrogen) atoms. The minimum atomic E-state index is 0.166. The van der Waals surface area contributed by atoms with Crippen molar-refractivity contribution < 1.29 is 4.79 Å². The SMILES string of the molecule is CC(=O)CC(C)=NCc1ccccc1. The van der Waals surface area contributed by atoms with Gasteiger partial charge in [-0.3, -0.25) is 9.79 Å². The fraction of sp³-hybridized carbons (Fsp3) is 0.333. The average Bonchev–Trinajstić information content (AvgIpc) is 2.15. The first-order valence-corrected chi connectivity index (χ1v) is 4.72. The van der Waals surface area contributed by atoms with Crippen LogP contribution in [0.5, 0.6) is 0 Å². The third kappa shape index (κ3) is 3.99. The summed E-state index contributed by atoms with van der Waals surface area (Å²) in [6, 6.07) is 10.0. The molecule has 0 saturated carbocycles. The smallest absolute Gasteiger partial charge is 0.135 e. The van der Waals surface area contributed by atoms with Crippen molar-refractivity contribution in [3.05, 3.63) is 35.9 Å². The molecule has 0 unspecified atom stereocenters. The molecule has 0 N–H and O–H groups in total. The van der Waals surface area contributed by atoms with Crippen LogP contribution in [0, 0.1) is 0 Å². The second-order valence-electron chi connectivity index (χ2n) is 3.42. The third-order valence-corrected chi connectivity index (χ3v) is 1.88. The molecule has 0 spiro atoms. The van der Waals surface area contributed by atoms with Crippen molar-refractivity contribution in [3.8, 4) is 0 Å². The van der Waals surface area contributed by atoms with Crippen molar-refractivity contribution in [1.82, 2.24) is 0 Å². The lowest BCUT2D eigenvalue weighted by atomic mass is 10.2. The number of hydrogen-bond donors (Lipinski definition) is 0. The summed E-state index contributed by atoms with van der Waals surface area (Å²) in [6.45, 7) is 4.14. The molecule has 0 radical (unpaired) electrons. The summed E-state index contributed by atoms with van der Waals surface area (Å²) in [7, 11) is 0. The molecular formula is C12H15NO. The van der Waals surface area contributed by atoms with Crippen LogP contribution in [0.3, 0.4) is 0 Å². The molecule has 2 nitrogen and oxygen atoms in total. The van der Waals surface area contributed by atoms with Crippen LogP contribution >= 0.6 is 0 Å². The molecule has 1 aromatic carbocycles. The molecule has 0 aromatic heterocycles. The molecule has 0 atom stereocenters. The van der Waals surface area contributed by atoms with Gasteiger partial charge in [0, 0.05) is 12.1 Å². The van der Waals surface area contributed by atoms with Gasteiger partial charge in [-0.15, -0.1) is 0 Å². The van der Waals surface area contributed by atoms with E-state index in [-0.39, 0.29) is 5.78 Å². The largest absolute Gasteiger partial charge is 0.300 e. The summed E-state index contributed by atoms with van der Waals surface area (Å²) in [6.07, 6.45) is 0.465. The lowest BCUT2D eigenvalue weighted by Crippen LogP contribution is -2.00. The Kier molecular flexibility index (Phi) is 4.05. The highest BCUT2D eigenvalue weighted by molar-refractivity contribution is 5.99. The van der Waals surface area contributed by atoms with Gasteiger partial charge in [0.05, 0.1) is 6.54 Å². The van der Waals surface area contributed by atoms with E-state index in [2.05, 4.69) is 4.99 Å². The molecule has 0 amide bonds. The summed E-state index contributed by atoms with van der Waals surface area (Å²) in [4.78, 5) is 15.1. The van der Waals surface area contributed by atoms with Gasteiger partial charge >= 0.3 is 0 Å². The van der Waals surface area contributed by atoms with Gasteiger partial charge in [-0.2, -0.15) is 0 Å². The van der Waals surface area contributed by atoms with Gasteiger partial charge in [-0.1, -0.05) is 30.3 Å². The highest BCUT2D eigenvalue weighted by atomic mass is 16.1. The molecule has 0 aliphatic heterocycles. The molecule has 0 aliphatic carbocycles. The maximum Gasteiger partial charge on any atom is 0.135 e. The topological polar surface area (TPSA) is 29.4 Å². The van der Waals surface area contributed by atoms with E-state index in [0.29, 0.717) is 13.0 Å². The van der Waals surface area contributed by atoms with E-state index in [1.165, 1.54) is 5.56 Å². The number of aliphatic imine (C=N–C) groups is 1. The Morgan fingerprint density at radius 1 is 1.21 bits per heavy atom. The van der Waals surface area contributed by atoms with Gasteiger partial charge in [0.25, 0.3) is 0 Å². The quantitative estimate of drug-likeness (QED) is 0.669. The highest BCUT2D eigenvalue weighted by Gasteiger charge is 1.96. The minimum Gasteiger partial charge on any atom is -0.300 e. The van der Waals surface area contributed by atoms with E-state index < -0.39 is 0 Å². The Bertz CT molecular complexity index is 327. The fourth-order valence-corrected chi connectivity index (χ4v) is 1.23. The standard InChI is InChI=1S/C12H15NO/c1-10(8-11(2)14)13-9-12-6-4-3-5-7-12/h3-7H,8-9H2,1-2H3. The Labute approximate surface area is 84.7 Å². The summed E-state index contributed by atoms with van der Waals surface area (Å²) >= 11 is 0. The zero-order chi connectivity index (χ0) is 10.4. The highest BCUT2D eigenvalue weighted by Crippen LogP contribution is 2.01. The molecular weight excluding hydrogens is 174 g/mol. The first-order valence-electron chi connectivity index (χ1n) is 4.72. The molecule has 2 heteroatoms. The Morgan fingerprint density at radius 2 is 1.86 bits per heavy atom. The van der Waals surface area contributed by atoms with Crippen molar-refractivity contribution in [2.75, 3.05) is 0 Å². The van der Waals surface area contributed by atoms with Gasteiger partial charge in [-0.25, -0.2) is 0 Å². The predicted octanol–water partition coefficient (Wildman–Crippen LogP) is 2.63. The molecule has 0 bridgehead atoms. The molecule has 0 saturated heterocycles. The maximum absolute atomic E-state index is 10.8. The molecule has 1 rings (SSSR count). The van der Waals surface area contributed by atoms with Crippen LogP contribution in [-0.2, 0) is 11.3 Å². The Balaban J connectivity index is 2.51. The van der Waals surface area contributed by atoms with E-state index in [4.69, 9.17) is 0 Å². The first-order chi connectivity index (χ1) is 6.68. The number of carbonyl (C=O) groups is 1. The molecule has 0 fully saturated rings. The van der Waals surface area contributed by atoms with Crippen LogP contribution in [-0.4, -0.2) is 11.5 Å². The van der Waals surface area contributed by atoms with Crippen molar-refractivity contribution >= 4 is 11.5 Å². The van der Waals surface area contributed by atoms with Gasteiger partial charge in [0.1, 0.15) is 5.78 Å². The number of ketones is 1. The molecule has 0 aliphatic rings. The zero-order valence-corrected chi connectivity index (χ0v) is 8.66. The van der Waals surface area contributed by atoms with Crippen LogP contribution in [0.4, 0.5) is 0 Å². The monoisotopic (exact) mass is 189 g/mol. The third-order valence-electron chi connectivity index (χ3n) is 1.88. The predicted molar refractivity (Wildman–Crippen MR) is 58.6 cm³/mol. The Hall–Kier alpha value is -1.44. The van der Waals surface area contributed by atoms with Crippen LogP contribution in [0.15, 0.2) is 35.3 Å². The first kappa shape index (κ1) is 10.6. The van der Waals surface area contributed by atoms with E-state index in [9.17, 15) is 4.79 Å². The van der Waals surface area contributed by atoms with E-state index in [0.717, 1.165) is 5.71 Å². The van der Waals surface area contributed by atoms with Gasteiger partial charge < -0.3 is 0 Å². The normalized spacial score (nSPS) is 11.4. The summed E-state index contributed by atoms with van der Waals surface area (Å²) in [5.41, 5.74) is 2.08. The van der Waals surface area contributed by atoms with E-state index >= 15 is 0 Å². The number of benzene rings is 1. The number of rotatable bonds is 4.